The van der Waals surface area contributed by atoms with Crippen LogP contribution in [0.15, 0.2) is 73.3 Å². The molecule has 0 aromatic heterocycles. The molecule has 1 amide bonds. The van der Waals surface area contributed by atoms with Crippen LogP contribution in [0.2, 0.25) is 0 Å². The van der Waals surface area contributed by atoms with Crippen molar-refractivity contribution < 1.29 is 22.7 Å². The van der Waals surface area contributed by atoms with Crippen molar-refractivity contribution in [2.45, 2.75) is 13.1 Å². The van der Waals surface area contributed by atoms with Crippen LogP contribution in [0.4, 0.5) is 47.3 Å². The number of methoxy groups -OCH3 is 1. The van der Waals surface area contributed by atoms with Gasteiger partial charge in [0, 0.05) is 55.0 Å². The molecule has 0 unspecified atom stereocenters. The maximum atomic E-state index is 13.8. The fourth-order valence-electron chi connectivity index (χ4n) is 4.45. The fraction of sp³-hybridized carbons (Fsp3) is 0.276. The van der Waals surface area contributed by atoms with Gasteiger partial charge in [-0.2, -0.15) is 13.2 Å². The molecule has 39 heavy (non-hydrogen) atoms. The largest absolute Gasteiger partial charge is 0.494 e. The summed E-state index contributed by atoms with van der Waals surface area (Å²) in [5.74, 6) is 0.169. The zero-order valence-corrected chi connectivity index (χ0v) is 21.9. The zero-order valence-electron chi connectivity index (χ0n) is 21.9. The second kappa shape index (κ2) is 12.1. The van der Waals surface area contributed by atoms with Crippen molar-refractivity contribution in [3.05, 3.63) is 78.9 Å². The summed E-state index contributed by atoms with van der Waals surface area (Å²) < 4.78 is 47.1. The predicted octanol–water partition coefficient (Wildman–Crippen LogP) is 6.47. The van der Waals surface area contributed by atoms with Crippen molar-refractivity contribution in [2.75, 3.05) is 60.7 Å². The number of rotatable bonds is 9. The summed E-state index contributed by atoms with van der Waals surface area (Å²) >= 11 is 0. The van der Waals surface area contributed by atoms with E-state index in [1.165, 1.54) is 12.1 Å². The van der Waals surface area contributed by atoms with Crippen LogP contribution < -0.4 is 25.6 Å². The van der Waals surface area contributed by atoms with Gasteiger partial charge in [0.15, 0.2) is 0 Å². The van der Waals surface area contributed by atoms with Crippen LogP contribution in [0.25, 0.3) is 0 Å². The van der Waals surface area contributed by atoms with Crippen molar-refractivity contribution in [3.8, 4) is 5.75 Å². The SMILES string of the molecule is C=CC(=O)Nc1cccc(Nc2cc(Nc3ccc(N4CCN(CC)CC4)cc3OC)ccc2C(F)(F)F)c1. The third-order valence-electron chi connectivity index (χ3n) is 6.57. The number of hydrogen-bond acceptors (Lipinski definition) is 6. The second-order valence-electron chi connectivity index (χ2n) is 9.09. The summed E-state index contributed by atoms with van der Waals surface area (Å²) in [6, 6.07) is 16.0. The number of benzene rings is 3. The van der Waals surface area contributed by atoms with Gasteiger partial charge in [0.05, 0.1) is 24.0 Å². The Hall–Kier alpha value is -4.18. The molecule has 0 atom stereocenters. The third kappa shape index (κ3) is 7.02. The highest BCUT2D eigenvalue weighted by atomic mass is 19.4. The number of anilines is 6. The minimum absolute atomic E-state index is 0.135. The molecular weight excluding hydrogens is 507 g/mol. The number of ether oxygens (including phenoxy) is 1. The van der Waals surface area contributed by atoms with Crippen LogP contribution in [0.1, 0.15) is 12.5 Å². The van der Waals surface area contributed by atoms with Gasteiger partial charge in [-0.15, -0.1) is 0 Å². The fourth-order valence-corrected chi connectivity index (χ4v) is 4.45. The highest BCUT2D eigenvalue weighted by Gasteiger charge is 2.33. The number of halogens is 3. The molecule has 3 N–H and O–H groups in total. The molecule has 1 saturated heterocycles. The number of nitrogens with one attached hydrogen (secondary N) is 3. The Labute approximate surface area is 226 Å². The molecule has 1 aliphatic rings. The first kappa shape index (κ1) is 27.8. The zero-order chi connectivity index (χ0) is 28.0. The molecule has 0 bridgehead atoms. The van der Waals surface area contributed by atoms with E-state index in [2.05, 4.69) is 39.3 Å². The van der Waals surface area contributed by atoms with Gasteiger partial charge in [-0.05, 0) is 61.2 Å². The summed E-state index contributed by atoms with van der Waals surface area (Å²) in [6.45, 7) is 10.4. The van der Waals surface area contributed by atoms with Gasteiger partial charge in [0.25, 0.3) is 0 Å². The lowest BCUT2D eigenvalue weighted by Crippen LogP contribution is -2.46. The molecule has 0 saturated carbocycles. The molecule has 1 aliphatic heterocycles. The van der Waals surface area contributed by atoms with Gasteiger partial charge in [0.2, 0.25) is 5.91 Å². The number of alkyl halides is 3. The molecule has 0 spiro atoms. The normalized spacial score (nSPS) is 14.0. The van der Waals surface area contributed by atoms with E-state index < -0.39 is 17.6 Å². The van der Waals surface area contributed by atoms with Crippen molar-refractivity contribution >= 4 is 40.0 Å². The molecule has 3 aromatic carbocycles. The van der Waals surface area contributed by atoms with E-state index in [-0.39, 0.29) is 5.69 Å². The molecule has 206 valence electrons. The van der Waals surface area contributed by atoms with Gasteiger partial charge < -0.3 is 30.5 Å². The number of carbonyl (C=O) groups excluding carboxylic acids is 1. The van der Waals surface area contributed by atoms with Gasteiger partial charge in [-0.3, -0.25) is 4.79 Å². The van der Waals surface area contributed by atoms with Crippen molar-refractivity contribution in [3.63, 3.8) is 0 Å². The summed E-state index contributed by atoms with van der Waals surface area (Å²) in [5, 5.41) is 8.64. The summed E-state index contributed by atoms with van der Waals surface area (Å²) in [6.07, 6.45) is -3.46. The number of carbonyl (C=O) groups is 1. The van der Waals surface area contributed by atoms with E-state index in [1.807, 2.05) is 18.2 Å². The van der Waals surface area contributed by atoms with E-state index >= 15 is 0 Å². The minimum atomic E-state index is -4.57. The van der Waals surface area contributed by atoms with E-state index in [1.54, 1.807) is 31.4 Å². The maximum absolute atomic E-state index is 13.8. The summed E-state index contributed by atoms with van der Waals surface area (Å²) in [7, 11) is 1.57. The predicted molar refractivity (Wildman–Crippen MR) is 151 cm³/mol. The molecule has 3 aromatic rings. The van der Waals surface area contributed by atoms with E-state index in [0.717, 1.165) is 50.6 Å². The van der Waals surface area contributed by atoms with Gasteiger partial charge in [-0.1, -0.05) is 19.6 Å². The highest BCUT2D eigenvalue weighted by Crippen LogP contribution is 2.39. The van der Waals surface area contributed by atoms with E-state index in [0.29, 0.717) is 28.5 Å². The Balaban J connectivity index is 1.58. The average molecular weight is 540 g/mol. The van der Waals surface area contributed by atoms with Crippen LogP contribution in [-0.2, 0) is 11.0 Å². The monoisotopic (exact) mass is 539 g/mol. The smallest absolute Gasteiger partial charge is 0.418 e. The van der Waals surface area contributed by atoms with Crippen molar-refractivity contribution in [1.82, 2.24) is 4.90 Å². The average Bonchev–Trinajstić information content (AvgIpc) is 2.93. The Morgan fingerprint density at radius 3 is 2.31 bits per heavy atom. The quantitative estimate of drug-likeness (QED) is 0.271. The summed E-state index contributed by atoms with van der Waals surface area (Å²) in [4.78, 5) is 16.3. The minimum Gasteiger partial charge on any atom is -0.494 e. The van der Waals surface area contributed by atoms with Crippen molar-refractivity contribution in [1.29, 1.82) is 0 Å². The molecule has 7 nitrogen and oxygen atoms in total. The van der Waals surface area contributed by atoms with Crippen molar-refractivity contribution in [2.24, 2.45) is 0 Å². The van der Waals surface area contributed by atoms with E-state index in [4.69, 9.17) is 4.74 Å². The van der Waals surface area contributed by atoms with Crippen LogP contribution in [0, 0.1) is 0 Å². The molecular formula is C29H32F3N5O2. The number of hydrogen-bond donors (Lipinski definition) is 3. The lowest BCUT2D eigenvalue weighted by molar-refractivity contribution is -0.136. The van der Waals surface area contributed by atoms with Gasteiger partial charge in [-0.25, -0.2) is 0 Å². The summed E-state index contributed by atoms with van der Waals surface area (Å²) in [5.41, 5.74) is 1.97. The molecule has 0 aliphatic carbocycles. The highest BCUT2D eigenvalue weighted by molar-refractivity contribution is 5.99. The molecule has 0 radical (unpaired) electrons. The topological polar surface area (TPSA) is 68.9 Å². The lowest BCUT2D eigenvalue weighted by atomic mass is 10.1. The Morgan fingerprint density at radius 1 is 0.949 bits per heavy atom. The van der Waals surface area contributed by atoms with Crippen LogP contribution in [0.3, 0.4) is 0 Å². The van der Waals surface area contributed by atoms with Crippen LogP contribution in [-0.4, -0.2) is 50.6 Å². The number of nitrogens with zero attached hydrogens (tertiary/aromatic N) is 2. The third-order valence-corrected chi connectivity index (χ3v) is 6.57. The number of piperazine rings is 1. The molecule has 10 heteroatoms. The second-order valence-corrected chi connectivity index (χ2v) is 9.09. The number of amides is 1. The molecule has 1 fully saturated rings. The Kier molecular flexibility index (Phi) is 8.65. The number of likely N-dealkylation sites (N-methyl/N-ethyl adjacent to an activating group) is 1. The van der Waals surface area contributed by atoms with Gasteiger partial charge >= 0.3 is 6.18 Å². The Bertz CT molecular complexity index is 1320. The van der Waals surface area contributed by atoms with Crippen LogP contribution in [0.5, 0.6) is 5.75 Å². The standard InChI is InChI=1S/C29H32F3N5O2/c1-4-28(38)35-21-8-6-7-20(17-21)34-26-18-22(9-11-24(26)29(30,31)32)33-25-12-10-23(19-27(25)39-3)37-15-13-36(5-2)14-16-37/h4,6-12,17-19,33-34H,1,5,13-16H2,2-3H3,(H,35,38). The maximum Gasteiger partial charge on any atom is 0.418 e. The Morgan fingerprint density at radius 2 is 1.64 bits per heavy atom. The first-order valence-electron chi connectivity index (χ1n) is 12.6. The van der Waals surface area contributed by atoms with Gasteiger partial charge in [0.1, 0.15) is 5.75 Å². The first-order chi connectivity index (χ1) is 18.7. The van der Waals surface area contributed by atoms with Crippen LogP contribution >= 0.6 is 0 Å². The van der Waals surface area contributed by atoms with E-state index in [9.17, 15) is 18.0 Å². The molecule has 4 rings (SSSR count). The lowest BCUT2D eigenvalue weighted by Gasteiger charge is -2.35. The first-order valence-corrected chi connectivity index (χ1v) is 12.6. The molecule has 1 heterocycles.